The van der Waals surface area contributed by atoms with Crippen molar-refractivity contribution in [3.05, 3.63) is 0 Å². The molecule has 4 atom stereocenters. The third kappa shape index (κ3) is 3.71. The summed E-state index contributed by atoms with van der Waals surface area (Å²) in [5.74, 6) is 0.218. The van der Waals surface area contributed by atoms with Crippen molar-refractivity contribution in [1.29, 1.82) is 0 Å². The van der Waals surface area contributed by atoms with E-state index >= 15 is 0 Å². The Morgan fingerprint density at radius 2 is 2.00 bits per heavy atom. The summed E-state index contributed by atoms with van der Waals surface area (Å²) in [4.78, 5) is 0. The molecule has 0 aromatic carbocycles. The Kier molecular flexibility index (Phi) is 4.29. The lowest BCUT2D eigenvalue weighted by molar-refractivity contribution is -0.106. The first-order chi connectivity index (χ1) is 8.72. The quantitative estimate of drug-likeness (QED) is 0.630. The van der Waals surface area contributed by atoms with Crippen LogP contribution >= 0.6 is 0 Å². The third-order valence-electron chi connectivity index (χ3n) is 4.84. The van der Waals surface area contributed by atoms with Gasteiger partial charge in [0.2, 0.25) is 0 Å². The zero-order valence-electron chi connectivity index (χ0n) is 13.1. The predicted octanol–water partition coefficient (Wildman–Crippen LogP) is 3.15. The number of rotatable bonds is 4. The Morgan fingerprint density at radius 3 is 2.47 bits per heavy atom. The molecule has 3 heteroatoms. The van der Waals surface area contributed by atoms with Crippen molar-refractivity contribution < 1.29 is 14.6 Å². The van der Waals surface area contributed by atoms with Gasteiger partial charge in [0.05, 0.1) is 30.5 Å². The topological polar surface area (TPSA) is 42.0 Å². The fourth-order valence-corrected chi connectivity index (χ4v) is 3.66. The van der Waals surface area contributed by atoms with E-state index in [0.29, 0.717) is 6.10 Å². The first-order valence-electron chi connectivity index (χ1n) is 7.72. The van der Waals surface area contributed by atoms with E-state index in [-0.39, 0.29) is 23.5 Å². The first-order valence-corrected chi connectivity index (χ1v) is 7.72. The van der Waals surface area contributed by atoms with Crippen LogP contribution in [0, 0.1) is 11.3 Å². The van der Waals surface area contributed by atoms with E-state index in [1.165, 1.54) is 6.42 Å². The number of hydrogen-bond acceptors (Lipinski definition) is 3. The van der Waals surface area contributed by atoms with Crippen molar-refractivity contribution in [3.63, 3.8) is 0 Å². The molecule has 112 valence electrons. The van der Waals surface area contributed by atoms with Crippen molar-refractivity contribution in [3.8, 4) is 0 Å². The minimum absolute atomic E-state index is 0.136. The van der Waals surface area contributed by atoms with E-state index in [4.69, 9.17) is 9.47 Å². The summed E-state index contributed by atoms with van der Waals surface area (Å²) in [5, 5.41) is 10.5. The highest BCUT2D eigenvalue weighted by Crippen LogP contribution is 2.47. The molecule has 0 spiro atoms. The molecule has 1 saturated carbocycles. The molecule has 1 N–H and O–H groups in total. The lowest BCUT2D eigenvalue weighted by atomic mass is 9.76. The van der Waals surface area contributed by atoms with Gasteiger partial charge in [-0.2, -0.15) is 0 Å². The maximum atomic E-state index is 10.5. The van der Waals surface area contributed by atoms with E-state index in [9.17, 15) is 5.11 Å². The Labute approximate surface area is 117 Å². The zero-order valence-corrected chi connectivity index (χ0v) is 13.1. The van der Waals surface area contributed by atoms with E-state index < -0.39 is 5.60 Å². The summed E-state index contributed by atoms with van der Waals surface area (Å²) in [6.45, 7) is 11.2. The standard InChI is InChI=1S/C16H30O3/c1-11(2)19-13-9-16(5,14-10-18-14)8-6-7-12(13)15(3,4)17/h11-14,17H,6-10H2,1-5H3. The number of aliphatic hydroxyl groups is 1. The van der Waals surface area contributed by atoms with Crippen molar-refractivity contribution in [2.75, 3.05) is 6.61 Å². The van der Waals surface area contributed by atoms with Gasteiger partial charge in [-0.25, -0.2) is 0 Å². The lowest BCUT2D eigenvalue weighted by Gasteiger charge is -2.38. The van der Waals surface area contributed by atoms with Gasteiger partial charge in [0, 0.05) is 5.92 Å². The van der Waals surface area contributed by atoms with E-state index in [0.717, 1.165) is 25.9 Å². The van der Waals surface area contributed by atoms with Gasteiger partial charge in [0.15, 0.2) is 0 Å². The molecule has 0 amide bonds. The van der Waals surface area contributed by atoms with Crippen molar-refractivity contribution >= 4 is 0 Å². The molecular weight excluding hydrogens is 240 g/mol. The molecule has 0 bridgehead atoms. The smallest absolute Gasteiger partial charge is 0.0864 e. The summed E-state index contributed by atoms with van der Waals surface area (Å²) in [6.07, 6.45) is 5.14. The van der Waals surface area contributed by atoms with Gasteiger partial charge in [-0.15, -0.1) is 0 Å². The predicted molar refractivity (Wildman–Crippen MR) is 76.1 cm³/mol. The molecule has 0 radical (unpaired) electrons. The minimum atomic E-state index is -0.671. The fraction of sp³-hybridized carbons (Fsp3) is 1.00. The van der Waals surface area contributed by atoms with Gasteiger partial charge in [0.1, 0.15) is 0 Å². The Balaban J connectivity index is 2.16. The average molecular weight is 270 g/mol. The fourth-order valence-electron chi connectivity index (χ4n) is 3.66. The number of epoxide rings is 1. The van der Waals surface area contributed by atoms with Crippen molar-refractivity contribution in [1.82, 2.24) is 0 Å². The van der Waals surface area contributed by atoms with Crippen molar-refractivity contribution in [2.24, 2.45) is 11.3 Å². The second kappa shape index (κ2) is 5.34. The monoisotopic (exact) mass is 270 g/mol. The lowest BCUT2D eigenvalue weighted by Crippen LogP contribution is -2.43. The second-order valence-electron chi connectivity index (χ2n) is 7.56. The molecular formula is C16H30O3. The molecule has 1 aliphatic heterocycles. The Hall–Kier alpha value is -0.120. The normalized spacial score (nSPS) is 40.3. The van der Waals surface area contributed by atoms with Crippen LogP contribution in [0.25, 0.3) is 0 Å². The van der Waals surface area contributed by atoms with Gasteiger partial charge < -0.3 is 14.6 Å². The van der Waals surface area contributed by atoms with Gasteiger partial charge >= 0.3 is 0 Å². The van der Waals surface area contributed by atoms with Crippen LogP contribution in [0.15, 0.2) is 0 Å². The second-order valence-corrected chi connectivity index (χ2v) is 7.56. The highest BCUT2D eigenvalue weighted by Gasteiger charge is 2.49. The highest BCUT2D eigenvalue weighted by atomic mass is 16.6. The minimum Gasteiger partial charge on any atom is -0.390 e. The summed E-state index contributed by atoms with van der Waals surface area (Å²) in [6, 6.07) is 0. The Bertz CT molecular complexity index is 304. The SMILES string of the molecule is CC(C)OC1CC(C)(C2CO2)CCCC1C(C)(C)O. The van der Waals surface area contributed by atoms with Crippen LogP contribution < -0.4 is 0 Å². The summed E-state index contributed by atoms with van der Waals surface area (Å²) >= 11 is 0. The third-order valence-corrected chi connectivity index (χ3v) is 4.84. The molecule has 19 heavy (non-hydrogen) atoms. The molecule has 1 heterocycles. The van der Waals surface area contributed by atoms with Crippen LogP contribution in [0.5, 0.6) is 0 Å². The number of hydrogen-bond donors (Lipinski definition) is 1. The van der Waals surface area contributed by atoms with Crippen LogP contribution in [-0.4, -0.2) is 35.6 Å². The maximum absolute atomic E-state index is 10.5. The van der Waals surface area contributed by atoms with Crippen LogP contribution in [0.3, 0.4) is 0 Å². The highest BCUT2D eigenvalue weighted by molar-refractivity contribution is 4.98. The summed E-state index contributed by atoms with van der Waals surface area (Å²) in [5.41, 5.74) is -0.450. The van der Waals surface area contributed by atoms with E-state index in [2.05, 4.69) is 20.8 Å². The van der Waals surface area contributed by atoms with E-state index in [1.54, 1.807) is 0 Å². The van der Waals surface area contributed by atoms with E-state index in [1.807, 2.05) is 13.8 Å². The average Bonchev–Trinajstić information content (AvgIpc) is 3.02. The van der Waals surface area contributed by atoms with Crippen LogP contribution in [0.2, 0.25) is 0 Å². The zero-order chi connectivity index (χ0) is 14.3. The summed E-state index contributed by atoms with van der Waals surface area (Å²) < 4.78 is 11.7. The molecule has 0 aromatic heterocycles. The molecule has 1 saturated heterocycles. The molecule has 2 rings (SSSR count). The molecule has 4 unspecified atom stereocenters. The molecule has 2 aliphatic rings. The molecule has 1 aliphatic carbocycles. The maximum Gasteiger partial charge on any atom is 0.0864 e. The Morgan fingerprint density at radius 1 is 1.37 bits per heavy atom. The summed E-state index contributed by atoms with van der Waals surface area (Å²) in [7, 11) is 0. The first kappa shape index (κ1) is 15.3. The van der Waals surface area contributed by atoms with Crippen molar-refractivity contribution in [2.45, 2.75) is 84.2 Å². The van der Waals surface area contributed by atoms with Crippen LogP contribution in [0.1, 0.15) is 60.3 Å². The van der Waals surface area contributed by atoms with Gasteiger partial charge in [-0.3, -0.25) is 0 Å². The molecule has 3 nitrogen and oxygen atoms in total. The van der Waals surface area contributed by atoms with Gasteiger partial charge in [-0.05, 0) is 52.4 Å². The van der Waals surface area contributed by atoms with Gasteiger partial charge in [-0.1, -0.05) is 13.3 Å². The van der Waals surface area contributed by atoms with Crippen LogP contribution in [-0.2, 0) is 9.47 Å². The molecule has 0 aromatic rings. The van der Waals surface area contributed by atoms with Crippen LogP contribution in [0.4, 0.5) is 0 Å². The largest absolute Gasteiger partial charge is 0.390 e. The molecule has 2 fully saturated rings. The van der Waals surface area contributed by atoms with Gasteiger partial charge in [0.25, 0.3) is 0 Å². The number of ether oxygens (including phenoxy) is 2.